The van der Waals surface area contributed by atoms with Gasteiger partial charge in [-0.15, -0.1) is 11.3 Å². The van der Waals surface area contributed by atoms with Gasteiger partial charge < -0.3 is 0 Å². The number of hydrogen-bond donors (Lipinski definition) is 0. The van der Waals surface area contributed by atoms with Gasteiger partial charge in [0.15, 0.2) is 0 Å². The van der Waals surface area contributed by atoms with E-state index in [2.05, 4.69) is 11.1 Å². The molecule has 2 aromatic rings. The van der Waals surface area contributed by atoms with Gasteiger partial charge in [0.05, 0.1) is 14.9 Å². The van der Waals surface area contributed by atoms with E-state index >= 15 is 0 Å². The van der Waals surface area contributed by atoms with Crippen LogP contribution in [0.1, 0.15) is 10.4 Å². The van der Waals surface area contributed by atoms with Gasteiger partial charge in [-0.1, -0.05) is 23.2 Å². The van der Waals surface area contributed by atoms with Crippen molar-refractivity contribution in [2.75, 3.05) is 0 Å². The lowest BCUT2D eigenvalue weighted by atomic mass is 10.1. The summed E-state index contributed by atoms with van der Waals surface area (Å²) in [5.41, 5.74) is 1.17. The van der Waals surface area contributed by atoms with Crippen molar-refractivity contribution >= 4 is 45.1 Å². The van der Waals surface area contributed by atoms with E-state index in [1.54, 1.807) is 36.7 Å². The second-order valence-corrected chi connectivity index (χ2v) is 5.23. The summed E-state index contributed by atoms with van der Waals surface area (Å²) < 4.78 is 0.644. The summed E-state index contributed by atoms with van der Waals surface area (Å²) in [5.74, 6) is 0. The monoisotopic (exact) mass is 280 g/mol. The third-order valence-electron chi connectivity index (χ3n) is 2.09. The molecule has 0 N–H and O–H groups in total. The van der Waals surface area contributed by atoms with Gasteiger partial charge in [-0.05, 0) is 29.8 Å². The molecule has 2 nitrogen and oxygen atoms in total. The Balaban J connectivity index is 2.52. The molecule has 5 heteroatoms. The average molecular weight is 281 g/mol. The molecule has 0 aliphatic heterocycles. The van der Waals surface area contributed by atoms with E-state index < -0.39 is 0 Å². The molecule has 2 rings (SSSR count). The van der Waals surface area contributed by atoms with Crippen LogP contribution in [0, 0.1) is 11.3 Å². The Hall–Kier alpha value is -1.34. The normalized spacial score (nSPS) is 11.8. The Morgan fingerprint density at radius 1 is 1.24 bits per heavy atom. The predicted molar refractivity (Wildman–Crippen MR) is 71.8 cm³/mol. The molecule has 84 valence electrons. The van der Waals surface area contributed by atoms with Gasteiger partial charge in [-0.25, -0.2) is 0 Å². The summed E-state index contributed by atoms with van der Waals surface area (Å²) in [6.45, 7) is 0. The van der Waals surface area contributed by atoms with Crippen LogP contribution in [0.2, 0.25) is 4.34 Å². The van der Waals surface area contributed by atoms with E-state index in [1.807, 2.05) is 0 Å². The van der Waals surface area contributed by atoms with Crippen LogP contribution in [-0.2, 0) is 0 Å². The molecule has 17 heavy (non-hydrogen) atoms. The van der Waals surface area contributed by atoms with Crippen LogP contribution >= 0.6 is 34.5 Å². The van der Waals surface area contributed by atoms with Crippen LogP contribution in [0.4, 0.5) is 0 Å². The van der Waals surface area contributed by atoms with Crippen LogP contribution in [0.25, 0.3) is 10.6 Å². The molecule has 0 saturated carbocycles. The molecule has 0 unspecified atom stereocenters. The lowest BCUT2D eigenvalue weighted by Crippen LogP contribution is -1.84. The molecule has 2 aromatic heterocycles. The van der Waals surface area contributed by atoms with Gasteiger partial charge in [-0.2, -0.15) is 5.26 Å². The van der Waals surface area contributed by atoms with Crippen molar-refractivity contribution < 1.29 is 0 Å². The van der Waals surface area contributed by atoms with Crippen molar-refractivity contribution in [3.05, 3.63) is 51.4 Å². The van der Waals surface area contributed by atoms with Crippen molar-refractivity contribution in [1.82, 2.24) is 4.98 Å². The van der Waals surface area contributed by atoms with Crippen molar-refractivity contribution in [2.45, 2.75) is 0 Å². The Labute approximate surface area is 113 Å². The summed E-state index contributed by atoms with van der Waals surface area (Å²) in [6, 6.07) is 9.16. The highest BCUT2D eigenvalue weighted by Crippen LogP contribution is 2.34. The van der Waals surface area contributed by atoms with Crippen LogP contribution in [0.3, 0.4) is 0 Å². The maximum absolute atomic E-state index is 9.18. The molecule has 0 saturated heterocycles. The van der Waals surface area contributed by atoms with Gasteiger partial charge in [0.2, 0.25) is 0 Å². The second kappa shape index (κ2) is 5.33. The van der Waals surface area contributed by atoms with Gasteiger partial charge >= 0.3 is 0 Å². The fraction of sp³-hybridized carbons (Fsp3) is 0. The number of halogens is 2. The highest BCUT2D eigenvalue weighted by Gasteiger charge is 2.11. The largest absolute Gasteiger partial charge is 0.265 e. The fourth-order valence-electron chi connectivity index (χ4n) is 1.31. The molecule has 0 aliphatic rings. The Kier molecular flexibility index (Phi) is 3.80. The maximum Gasteiger partial charge on any atom is 0.101 e. The van der Waals surface area contributed by atoms with Gasteiger partial charge in [0, 0.05) is 17.3 Å². The summed E-state index contributed by atoms with van der Waals surface area (Å²) in [5, 5.41) is 9.59. The highest BCUT2D eigenvalue weighted by molar-refractivity contribution is 7.18. The zero-order valence-corrected chi connectivity index (χ0v) is 10.9. The Bertz CT molecular complexity index is 596. The average Bonchev–Trinajstić information content (AvgIpc) is 2.78. The molecule has 0 amide bonds. The van der Waals surface area contributed by atoms with Gasteiger partial charge in [-0.3, -0.25) is 4.98 Å². The molecule has 2 heterocycles. The minimum absolute atomic E-state index is 0.413. The number of rotatable bonds is 2. The van der Waals surface area contributed by atoms with E-state index in [4.69, 9.17) is 23.2 Å². The lowest BCUT2D eigenvalue weighted by molar-refractivity contribution is 1.32. The van der Waals surface area contributed by atoms with E-state index in [0.717, 1.165) is 10.4 Å². The summed E-state index contributed by atoms with van der Waals surface area (Å²) in [4.78, 5) is 4.69. The van der Waals surface area contributed by atoms with Gasteiger partial charge in [0.1, 0.15) is 6.07 Å². The highest BCUT2D eigenvalue weighted by atomic mass is 35.5. The maximum atomic E-state index is 9.18. The molecule has 0 bridgehead atoms. The minimum atomic E-state index is 0.413. The zero-order chi connectivity index (χ0) is 12.3. The molecule has 0 aliphatic carbocycles. The molecular formula is C12H6Cl2N2S. The quantitative estimate of drug-likeness (QED) is 0.763. The number of nitriles is 1. The molecule has 0 aromatic carbocycles. The van der Waals surface area contributed by atoms with Gasteiger partial charge in [0.25, 0.3) is 0 Å². The zero-order valence-electron chi connectivity index (χ0n) is 8.52. The molecule has 0 spiro atoms. The van der Waals surface area contributed by atoms with Crippen LogP contribution in [-0.4, -0.2) is 4.98 Å². The third-order valence-corrected chi connectivity index (χ3v) is 3.84. The first-order valence-electron chi connectivity index (χ1n) is 4.68. The van der Waals surface area contributed by atoms with Crippen LogP contribution in [0.5, 0.6) is 0 Å². The lowest BCUT2D eigenvalue weighted by Gasteiger charge is -2.01. The number of nitrogens with zero attached hydrogens (tertiary/aromatic N) is 2. The number of aromatic nitrogens is 1. The number of thiophene rings is 1. The smallest absolute Gasteiger partial charge is 0.101 e. The molecule has 0 fully saturated rings. The van der Waals surface area contributed by atoms with Crippen LogP contribution < -0.4 is 0 Å². The number of pyridine rings is 1. The topological polar surface area (TPSA) is 36.7 Å². The van der Waals surface area contributed by atoms with Crippen molar-refractivity contribution in [1.29, 1.82) is 5.26 Å². The molecular weight excluding hydrogens is 275 g/mol. The SMILES string of the molecule is N#C/C(=C(/Cl)c1ccc(Cl)s1)c1ccncc1. The summed E-state index contributed by atoms with van der Waals surface area (Å²) in [6.07, 6.45) is 3.25. The first-order valence-corrected chi connectivity index (χ1v) is 6.25. The predicted octanol–water partition coefficient (Wildman–Crippen LogP) is 4.43. The Morgan fingerprint density at radius 2 is 1.94 bits per heavy atom. The second-order valence-electron chi connectivity index (χ2n) is 3.14. The van der Waals surface area contributed by atoms with E-state index in [-0.39, 0.29) is 0 Å². The molecule has 0 atom stereocenters. The first-order chi connectivity index (χ1) is 8.22. The Morgan fingerprint density at radius 3 is 2.47 bits per heavy atom. The number of hydrogen-bond acceptors (Lipinski definition) is 3. The fourth-order valence-corrected chi connectivity index (χ4v) is 2.63. The summed E-state index contributed by atoms with van der Waals surface area (Å²) >= 11 is 13.4. The van der Waals surface area contributed by atoms with Crippen molar-refractivity contribution in [3.8, 4) is 6.07 Å². The number of allylic oxidation sites excluding steroid dienone is 1. The van der Waals surface area contributed by atoms with E-state index in [0.29, 0.717) is 14.9 Å². The first kappa shape index (κ1) is 12.1. The van der Waals surface area contributed by atoms with E-state index in [1.165, 1.54) is 11.3 Å². The van der Waals surface area contributed by atoms with Crippen molar-refractivity contribution in [2.24, 2.45) is 0 Å². The standard InChI is InChI=1S/C12H6Cl2N2S/c13-11-2-1-10(17-11)12(14)9(7-15)8-3-5-16-6-4-8/h1-6H/b12-9-. The third kappa shape index (κ3) is 2.67. The summed E-state index contributed by atoms with van der Waals surface area (Å²) in [7, 11) is 0. The van der Waals surface area contributed by atoms with Crippen molar-refractivity contribution in [3.63, 3.8) is 0 Å². The minimum Gasteiger partial charge on any atom is -0.265 e. The van der Waals surface area contributed by atoms with Crippen LogP contribution in [0.15, 0.2) is 36.7 Å². The molecule has 0 radical (unpaired) electrons. The van der Waals surface area contributed by atoms with E-state index in [9.17, 15) is 5.26 Å².